The molecule has 0 aliphatic carbocycles. The predicted molar refractivity (Wildman–Crippen MR) is 84.6 cm³/mol. The topological polar surface area (TPSA) is 58.6 Å². The van der Waals surface area contributed by atoms with E-state index in [0.29, 0.717) is 24.3 Å². The summed E-state index contributed by atoms with van der Waals surface area (Å²) in [5.41, 5.74) is 1.78. The zero-order chi connectivity index (χ0) is 15.7. The standard InChI is InChI=1S/C17H25NO3/c1-13(2)9-11-21-16-8-4-7-15(12-16)17(20)18-14(3)6-5-10-19/h4,7-9,12,14,19H,5-6,10-11H2,1-3H3,(H,18,20). The maximum Gasteiger partial charge on any atom is 0.251 e. The zero-order valence-electron chi connectivity index (χ0n) is 13.1. The second-order valence-corrected chi connectivity index (χ2v) is 5.36. The summed E-state index contributed by atoms with van der Waals surface area (Å²) in [6.07, 6.45) is 3.44. The van der Waals surface area contributed by atoms with Gasteiger partial charge in [-0.1, -0.05) is 11.6 Å². The lowest BCUT2D eigenvalue weighted by atomic mass is 10.1. The lowest BCUT2D eigenvalue weighted by Crippen LogP contribution is -2.32. The first kappa shape index (κ1) is 17.2. The molecular weight excluding hydrogens is 266 g/mol. The number of ether oxygens (including phenoxy) is 1. The summed E-state index contributed by atoms with van der Waals surface area (Å²) in [6.45, 7) is 6.61. The van der Waals surface area contributed by atoms with Crippen LogP contribution in [0.4, 0.5) is 0 Å². The maximum atomic E-state index is 12.1. The van der Waals surface area contributed by atoms with Crippen LogP contribution < -0.4 is 10.1 Å². The Morgan fingerprint density at radius 3 is 2.86 bits per heavy atom. The van der Waals surface area contributed by atoms with Crippen molar-refractivity contribution < 1.29 is 14.6 Å². The molecule has 1 unspecified atom stereocenters. The molecule has 1 rings (SSSR count). The van der Waals surface area contributed by atoms with E-state index in [1.165, 1.54) is 5.57 Å². The van der Waals surface area contributed by atoms with Crippen LogP contribution in [0.2, 0.25) is 0 Å². The summed E-state index contributed by atoms with van der Waals surface area (Å²) in [6, 6.07) is 7.20. The van der Waals surface area contributed by atoms with Gasteiger partial charge in [0.15, 0.2) is 0 Å². The van der Waals surface area contributed by atoms with Crippen molar-refractivity contribution in [2.24, 2.45) is 0 Å². The third-order valence-corrected chi connectivity index (χ3v) is 3.01. The summed E-state index contributed by atoms with van der Waals surface area (Å²) < 4.78 is 5.59. The van der Waals surface area contributed by atoms with Crippen LogP contribution in [0.1, 0.15) is 44.0 Å². The molecule has 21 heavy (non-hydrogen) atoms. The first-order valence-electron chi connectivity index (χ1n) is 7.31. The molecule has 0 spiro atoms. The van der Waals surface area contributed by atoms with Crippen LogP contribution in [0.3, 0.4) is 0 Å². The molecular formula is C17H25NO3. The van der Waals surface area contributed by atoms with Crippen LogP contribution in [0.5, 0.6) is 5.75 Å². The number of benzene rings is 1. The van der Waals surface area contributed by atoms with Crippen LogP contribution in [-0.4, -0.2) is 30.3 Å². The molecule has 0 aliphatic heterocycles. The highest BCUT2D eigenvalue weighted by Crippen LogP contribution is 2.14. The van der Waals surface area contributed by atoms with E-state index in [9.17, 15) is 4.79 Å². The number of carbonyl (C=O) groups excluding carboxylic acids is 1. The van der Waals surface area contributed by atoms with Gasteiger partial charge in [-0.2, -0.15) is 0 Å². The first-order chi connectivity index (χ1) is 10.0. The van der Waals surface area contributed by atoms with E-state index in [2.05, 4.69) is 5.32 Å². The Morgan fingerprint density at radius 1 is 1.43 bits per heavy atom. The van der Waals surface area contributed by atoms with E-state index >= 15 is 0 Å². The van der Waals surface area contributed by atoms with E-state index in [0.717, 1.165) is 6.42 Å². The summed E-state index contributed by atoms with van der Waals surface area (Å²) in [5.74, 6) is 0.566. The van der Waals surface area contributed by atoms with E-state index in [1.54, 1.807) is 12.1 Å². The Bertz CT molecular complexity index is 479. The van der Waals surface area contributed by atoms with Crippen molar-refractivity contribution >= 4 is 5.91 Å². The second kappa shape index (κ2) is 9.19. The van der Waals surface area contributed by atoms with Gasteiger partial charge >= 0.3 is 0 Å². The minimum Gasteiger partial charge on any atom is -0.490 e. The number of hydrogen-bond donors (Lipinski definition) is 2. The number of aliphatic hydroxyl groups excluding tert-OH is 1. The summed E-state index contributed by atoms with van der Waals surface area (Å²) in [5, 5.41) is 11.7. The highest BCUT2D eigenvalue weighted by Gasteiger charge is 2.10. The normalized spacial score (nSPS) is 11.6. The molecule has 0 bridgehead atoms. The average Bonchev–Trinajstić information content (AvgIpc) is 2.45. The van der Waals surface area contributed by atoms with Crippen LogP contribution in [0.25, 0.3) is 0 Å². The van der Waals surface area contributed by atoms with Gasteiger partial charge in [0.05, 0.1) is 0 Å². The third-order valence-electron chi connectivity index (χ3n) is 3.01. The van der Waals surface area contributed by atoms with Crippen molar-refractivity contribution in [3.8, 4) is 5.75 Å². The van der Waals surface area contributed by atoms with Crippen molar-refractivity contribution in [1.29, 1.82) is 0 Å². The smallest absolute Gasteiger partial charge is 0.251 e. The zero-order valence-corrected chi connectivity index (χ0v) is 13.1. The highest BCUT2D eigenvalue weighted by atomic mass is 16.5. The Morgan fingerprint density at radius 2 is 2.19 bits per heavy atom. The molecule has 0 aromatic heterocycles. The van der Waals surface area contributed by atoms with E-state index < -0.39 is 0 Å². The Labute approximate surface area is 126 Å². The molecule has 1 aromatic carbocycles. The lowest BCUT2D eigenvalue weighted by molar-refractivity contribution is 0.0936. The molecule has 0 saturated carbocycles. The lowest BCUT2D eigenvalue weighted by Gasteiger charge is -2.13. The predicted octanol–water partition coefficient (Wildman–Crippen LogP) is 2.92. The second-order valence-electron chi connectivity index (χ2n) is 5.36. The number of allylic oxidation sites excluding steroid dienone is 1. The molecule has 1 atom stereocenters. The van der Waals surface area contributed by atoms with Gasteiger partial charge in [-0.15, -0.1) is 0 Å². The largest absolute Gasteiger partial charge is 0.490 e. The average molecular weight is 291 g/mol. The van der Waals surface area contributed by atoms with E-state index in [1.807, 2.05) is 39.0 Å². The van der Waals surface area contributed by atoms with Gasteiger partial charge in [0.2, 0.25) is 0 Å². The SMILES string of the molecule is CC(C)=CCOc1cccc(C(=O)NC(C)CCCO)c1. The monoisotopic (exact) mass is 291 g/mol. The number of hydrogen-bond acceptors (Lipinski definition) is 3. The third kappa shape index (κ3) is 6.95. The summed E-state index contributed by atoms with van der Waals surface area (Å²) in [4.78, 5) is 12.1. The van der Waals surface area contributed by atoms with E-state index in [4.69, 9.17) is 9.84 Å². The minimum atomic E-state index is -0.117. The summed E-state index contributed by atoms with van der Waals surface area (Å²) >= 11 is 0. The number of amides is 1. The van der Waals surface area contributed by atoms with Crippen molar-refractivity contribution in [1.82, 2.24) is 5.32 Å². The fraction of sp³-hybridized carbons (Fsp3) is 0.471. The molecule has 1 aromatic rings. The quantitative estimate of drug-likeness (QED) is 0.724. The minimum absolute atomic E-state index is 0.0416. The molecule has 116 valence electrons. The number of rotatable bonds is 8. The molecule has 0 saturated heterocycles. The van der Waals surface area contributed by atoms with Gasteiger partial charge < -0.3 is 15.2 Å². The molecule has 1 amide bonds. The Kier molecular flexibility index (Phi) is 7.54. The number of aliphatic hydroxyl groups is 1. The van der Waals surface area contributed by atoms with Gasteiger partial charge in [0.25, 0.3) is 5.91 Å². The Balaban J connectivity index is 2.58. The molecule has 2 N–H and O–H groups in total. The van der Waals surface area contributed by atoms with Gasteiger partial charge in [0.1, 0.15) is 12.4 Å². The maximum absolute atomic E-state index is 12.1. The van der Waals surface area contributed by atoms with Crippen molar-refractivity contribution in [3.63, 3.8) is 0 Å². The van der Waals surface area contributed by atoms with Crippen molar-refractivity contribution in [3.05, 3.63) is 41.5 Å². The van der Waals surface area contributed by atoms with Crippen LogP contribution in [0, 0.1) is 0 Å². The van der Waals surface area contributed by atoms with Crippen molar-refractivity contribution in [2.75, 3.05) is 13.2 Å². The van der Waals surface area contributed by atoms with Gasteiger partial charge in [-0.05, 0) is 57.9 Å². The van der Waals surface area contributed by atoms with Gasteiger partial charge in [0, 0.05) is 18.2 Å². The first-order valence-corrected chi connectivity index (χ1v) is 7.31. The van der Waals surface area contributed by atoms with Crippen molar-refractivity contribution in [2.45, 2.75) is 39.7 Å². The molecule has 0 radical (unpaired) electrons. The molecule has 0 fully saturated rings. The van der Waals surface area contributed by atoms with Gasteiger partial charge in [-0.3, -0.25) is 4.79 Å². The van der Waals surface area contributed by atoms with Crippen LogP contribution >= 0.6 is 0 Å². The molecule has 0 heterocycles. The van der Waals surface area contributed by atoms with Crippen LogP contribution in [-0.2, 0) is 0 Å². The van der Waals surface area contributed by atoms with Crippen LogP contribution in [0.15, 0.2) is 35.9 Å². The molecule has 0 aliphatic rings. The molecule has 4 heteroatoms. The van der Waals surface area contributed by atoms with E-state index in [-0.39, 0.29) is 18.6 Å². The fourth-order valence-corrected chi connectivity index (χ4v) is 1.81. The number of carbonyl (C=O) groups is 1. The van der Waals surface area contributed by atoms with Gasteiger partial charge in [-0.25, -0.2) is 0 Å². The summed E-state index contributed by atoms with van der Waals surface area (Å²) in [7, 11) is 0. The fourth-order valence-electron chi connectivity index (χ4n) is 1.81. The Hall–Kier alpha value is -1.81. The molecule has 4 nitrogen and oxygen atoms in total. The highest BCUT2D eigenvalue weighted by molar-refractivity contribution is 5.94. The number of nitrogens with one attached hydrogen (secondary N) is 1.